The van der Waals surface area contributed by atoms with Crippen LogP contribution < -0.4 is 9.64 Å². The first kappa shape index (κ1) is 36.4. The maximum absolute atomic E-state index is 15.2. The molecule has 12 heteroatoms. The van der Waals surface area contributed by atoms with Crippen molar-refractivity contribution in [3.63, 3.8) is 0 Å². The largest absolute Gasteiger partial charge is 0.508 e. The number of nitrogens with zero attached hydrogens (tertiary/aromatic N) is 4. The number of carbonyl (C=O) groups is 4. The monoisotopic (exact) mass is 788 g/mol. The number of aryl methyl sites for hydroxylation is 2. The highest BCUT2D eigenvalue weighted by atomic mass is 35.5. The number of carbonyl (C=O) groups excluding carboxylic acids is 4. The van der Waals surface area contributed by atoms with E-state index in [4.69, 9.17) is 21.4 Å². The summed E-state index contributed by atoms with van der Waals surface area (Å²) in [6, 6.07) is 22.3. The fraction of sp³-hybridized carbons (Fsp3) is 0.341. The Hall–Kier alpha value is -5.26. The predicted octanol–water partition coefficient (Wildman–Crippen LogP) is 8.19. The zero-order valence-electron chi connectivity index (χ0n) is 31.5. The van der Waals surface area contributed by atoms with Gasteiger partial charge in [-0.2, -0.15) is 5.10 Å². The first-order chi connectivity index (χ1) is 26.9. The number of aromatic hydroxyl groups is 1. The van der Waals surface area contributed by atoms with E-state index >= 15 is 4.79 Å². The van der Waals surface area contributed by atoms with Crippen LogP contribution in [0.1, 0.15) is 55.7 Å². The summed E-state index contributed by atoms with van der Waals surface area (Å²) in [5, 5.41) is 18.3. The Morgan fingerprint density at radius 2 is 1.77 bits per heavy atom. The molecule has 3 aromatic carbocycles. The second-order valence-electron chi connectivity index (χ2n) is 15.7. The highest BCUT2D eigenvalue weighted by Gasteiger charge is 2.68. The van der Waals surface area contributed by atoms with Crippen LogP contribution in [0.15, 0.2) is 84.4 Å². The van der Waals surface area contributed by atoms with Gasteiger partial charge in [0.2, 0.25) is 23.6 Å². The molecular formula is C44H41ClN4O6S. The molecule has 0 spiro atoms. The van der Waals surface area contributed by atoms with E-state index in [1.165, 1.54) is 9.80 Å². The van der Waals surface area contributed by atoms with Gasteiger partial charge in [-0.25, -0.2) is 4.90 Å². The third kappa shape index (κ3) is 5.38. The summed E-state index contributed by atoms with van der Waals surface area (Å²) in [5.41, 5.74) is 2.54. The number of hydrogen-bond acceptors (Lipinski definition) is 8. The van der Waals surface area contributed by atoms with Gasteiger partial charge in [0.1, 0.15) is 29.6 Å². The molecule has 4 aliphatic rings. The van der Waals surface area contributed by atoms with E-state index in [0.717, 1.165) is 31.7 Å². The van der Waals surface area contributed by atoms with Gasteiger partial charge in [-0.3, -0.25) is 28.8 Å². The summed E-state index contributed by atoms with van der Waals surface area (Å²) in [6.45, 7) is 6.39. The number of phenolic OH excluding ortho intramolecular Hbond substituents is 1. The maximum Gasteiger partial charge on any atom is 0.242 e. The number of aromatic nitrogens is 2. The number of benzene rings is 3. The van der Waals surface area contributed by atoms with Crippen LogP contribution in [0.3, 0.4) is 0 Å². The highest BCUT2D eigenvalue weighted by molar-refractivity contribution is 7.22. The molecule has 2 aliphatic carbocycles. The second kappa shape index (κ2) is 13.4. The molecule has 4 heterocycles. The Morgan fingerprint density at radius 3 is 2.52 bits per heavy atom. The molecule has 56 heavy (non-hydrogen) atoms. The number of amides is 4. The number of hydrogen-bond donors (Lipinski definition) is 1. The van der Waals surface area contributed by atoms with Crippen LogP contribution in [0, 0.1) is 36.0 Å². The molecule has 286 valence electrons. The molecule has 1 N–H and O–H groups in total. The molecule has 0 radical (unpaired) electrons. The van der Waals surface area contributed by atoms with Gasteiger partial charge in [0.25, 0.3) is 0 Å². The fourth-order valence-electron chi connectivity index (χ4n) is 9.90. The number of ether oxygens (including phenoxy) is 1. The molecule has 4 amide bonds. The molecule has 0 bridgehead atoms. The minimum absolute atomic E-state index is 0.0764. The van der Waals surface area contributed by atoms with Crippen LogP contribution in [0.2, 0.25) is 5.02 Å². The normalized spacial score (nSPS) is 25.8. The lowest BCUT2D eigenvalue weighted by atomic mass is 9.51. The summed E-state index contributed by atoms with van der Waals surface area (Å²) in [6.07, 6.45) is 3.20. The fourth-order valence-corrected chi connectivity index (χ4v) is 11.2. The first-order valence-corrected chi connectivity index (χ1v) is 20.3. The Kier molecular flexibility index (Phi) is 8.74. The minimum Gasteiger partial charge on any atom is -0.508 e. The smallest absolute Gasteiger partial charge is 0.242 e. The molecular weight excluding hydrogens is 748 g/mol. The number of thiophene rings is 1. The summed E-state index contributed by atoms with van der Waals surface area (Å²) in [4.78, 5) is 61.3. The lowest BCUT2D eigenvalue weighted by Crippen LogP contribution is -2.49. The predicted molar refractivity (Wildman–Crippen MR) is 214 cm³/mol. The Bertz CT molecular complexity index is 2510. The van der Waals surface area contributed by atoms with Crippen molar-refractivity contribution in [2.75, 3.05) is 11.4 Å². The van der Waals surface area contributed by atoms with E-state index in [9.17, 15) is 19.5 Å². The van der Waals surface area contributed by atoms with Crippen molar-refractivity contribution in [2.24, 2.45) is 36.1 Å². The molecule has 2 aromatic heterocycles. The first-order valence-electron chi connectivity index (χ1n) is 19.1. The Labute approximate surface area is 333 Å². The van der Waals surface area contributed by atoms with E-state index in [0.29, 0.717) is 53.8 Å². The second-order valence-corrected chi connectivity index (χ2v) is 17.2. The van der Waals surface area contributed by atoms with E-state index < -0.39 is 40.9 Å². The maximum atomic E-state index is 15.2. The molecule has 10 nitrogen and oxygen atoms in total. The molecule has 2 saturated heterocycles. The van der Waals surface area contributed by atoms with Gasteiger partial charge in [-0.15, -0.1) is 11.3 Å². The highest BCUT2D eigenvalue weighted by Crippen LogP contribution is 2.64. The van der Waals surface area contributed by atoms with Crippen LogP contribution in [0.4, 0.5) is 5.82 Å². The SMILES string of the molecule is CCCN1C(=O)[C@H]2[C@H](CC=C3[C@H]2C[C@H]2C(=O)N(c4cc(-c5sc6ccc(Cl)cc6c5C)nn4C)C(=O)[C@@]2(C)[C@H]3c2ccc(OCc3ccccc3)cc2O)C1=O. The topological polar surface area (TPSA) is 122 Å². The molecule has 3 fully saturated rings. The van der Waals surface area contributed by atoms with Gasteiger partial charge < -0.3 is 9.84 Å². The number of imide groups is 2. The number of likely N-dealkylation sites (tertiary alicyclic amines) is 1. The molecule has 0 unspecified atom stereocenters. The zero-order valence-corrected chi connectivity index (χ0v) is 33.1. The van der Waals surface area contributed by atoms with Crippen molar-refractivity contribution in [1.29, 1.82) is 0 Å². The summed E-state index contributed by atoms with van der Waals surface area (Å²) in [7, 11) is 1.72. The van der Waals surface area contributed by atoms with Crippen molar-refractivity contribution >= 4 is 62.5 Å². The standard InChI is InChI=1S/C44H41ClN4O6S/c1-5-17-48-40(51)29-15-14-27-31(37(29)42(48)53)20-32-41(52)49(36-21-33(46-47(36)4)39-23(2)30-18-25(45)11-16-35(30)56-39)43(54)44(32,3)38(27)28-13-12-26(19-34(28)50)55-22-24-9-7-6-8-10-24/h6-14,16,18-19,21,29,31-32,37-38,50H,5,15,17,20,22H2,1-4H3/t29-,31+,32-,37-,38+,44+/m0/s1. The lowest BCUT2D eigenvalue weighted by Gasteiger charge is -2.49. The molecule has 6 atom stereocenters. The number of halogens is 1. The van der Waals surface area contributed by atoms with Gasteiger partial charge in [-0.05, 0) is 79.8 Å². The van der Waals surface area contributed by atoms with E-state index in [-0.39, 0.29) is 29.9 Å². The summed E-state index contributed by atoms with van der Waals surface area (Å²) < 4.78 is 8.66. The van der Waals surface area contributed by atoms with Gasteiger partial charge in [0, 0.05) is 46.9 Å². The minimum atomic E-state index is -1.33. The van der Waals surface area contributed by atoms with E-state index in [2.05, 4.69) is 0 Å². The summed E-state index contributed by atoms with van der Waals surface area (Å²) in [5.74, 6) is -3.75. The number of phenols is 1. The molecule has 9 rings (SSSR count). The van der Waals surface area contributed by atoms with Gasteiger partial charge in [0.05, 0.1) is 28.0 Å². The van der Waals surface area contributed by atoms with Crippen molar-refractivity contribution in [2.45, 2.75) is 52.6 Å². The number of rotatable bonds is 8. The van der Waals surface area contributed by atoms with Crippen LogP contribution in [0.5, 0.6) is 11.5 Å². The van der Waals surface area contributed by atoms with Crippen LogP contribution >= 0.6 is 22.9 Å². The number of anilines is 1. The molecule has 2 aliphatic heterocycles. The van der Waals surface area contributed by atoms with Gasteiger partial charge in [-0.1, -0.05) is 66.6 Å². The third-order valence-electron chi connectivity index (χ3n) is 12.6. The quantitative estimate of drug-likeness (QED) is 0.124. The molecule has 5 aromatic rings. The van der Waals surface area contributed by atoms with E-state index in [1.807, 2.05) is 75.4 Å². The van der Waals surface area contributed by atoms with E-state index in [1.54, 1.807) is 47.3 Å². The summed E-state index contributed by atoms with van der Waals surface area (Å²) >= 11 is 7.90. The average molecular weight is 789 g/mol. The average Bonchev–Trinajstić information content (AvgIpc) is 3.85. The van der Waals surface area contributed by atoms with Crippen LogP contribution in [-0.2, 0) is 32.8 Å². The molecule has 1 saturated carbocycles. The van der Waals surface area contributed by atoms with Crippen LogP contribution in [-0.4, -0.2) is 50.0 Å². The number of allylic oxidation sites excluding steroid dienone is 2. The van der Waals surface area contributed by atoms with Crippen molar-refractivity contribution in [1.82, 2.24) is 14.7 Å². The zero-order chi connectivity index (χ0) is 39.2. The van der Waals surface area contributed by atoms with Gasteiger partial charge >= 0.3 is 0 Å². The van der Waals surface area contributed by atoms with Crippen molar-refractivity contribution in [3.05, 3.63) is 106 Å². The number of fused-ring (bicyclic) bond motifs is 5. The Morgan fingerprint density at radius 1 is 0.982 bits per heavy atom. The van der Waals surface area contributed by atoms with Crippen molar-refractivity contribution in [3.8, 4) is 22.1 Å². The lowest BCUT2D eigenvalue weighted by molar-refractivity contribution is -0.140. The Balaban J connectivity index is 1.13. The van der Waals surface area contributed by atoms with Gasteiger partial charge in [0.15, 0.2) is 0 Å². The third-order valence-corrected chi connectivity index (χ3v) is 14.1. The van der Waals surface area contributed by atoms with Crippen molar-refractivity contribution < 1.29 is 29.0 Å². The van der Waals surface area contributed by atoms with Crippen LogP contribution in [0.25, 0.3) is 20.7 Å².